The third-order valence-electron chi connectivity index (χ3n) is 2.63. The van der Waals surface area contributed by atoms with Gasteiger partial charge in [-0.1, -0.05) is 20.3 Å². The molecule has 106 valence electrons. The fraction of sp³-hybridized carbons (Fsp3) is 0.833. The summed E-state index contributed by atoms with van der Waals surface area (Å²) in [5, 5.41) is 11.5. The van der Waals surface area contributed by atoms with Gasteiger partial charge < -0.3 is 21.9 Å². The maximum atomic E-state index is 11.7. The lowest BCUT2D eigenvalue weighted by Crippen LogP contribution is -2.48. The van der Waals surface area contributed by atoms with Crippen LogP contribution >= 0.6 is 0 Å². The molecule has 0 fully saturated rings. The van der Waals surface area contributed by atoms with Crippen molar-refractivity contribution in [1.29, 1.82) is 0 Å². The van der Waals surface area contributed by atoms with Crippen LogP contribution in [0.5, 0.6) is 0 Å². The lowest BCUT2D eigenvalue weighted by molar-refractivity contribution is -0.142. The molecular weight excluding hydrogens is 234 g/mol. The van der Waals surface area contributed by atoms with Gasteiger partial charge >= 0.3 is 5.97 Å². The van der Waals surface area contributed by atoms with E-state index in [9.17, 15) is 9.59 Å². The van der Waals surface area contributed by atoms with Crippen molar-refractivity contribution in [3.63, 3.8) is 0 Å². The van der Waals surface area contributed by atoms with E-state index >= 15 is 0 Å². The van der Waals surface area contributed by atoms with Crippen molar-refractivity contribution < 1.29 is 14.7 Å². The smallest absolute Gasteiger partial charge is 0.326 e. The van der Waals surface area contributed by atoms with Gasteiger partial charge in [-0.05, 0) is 31.7 Å². The average Bonchev–Trinajstić information content (AvgIpc) is 2.27. The minimum Gasteiger partial charge on any atom is -0.480 e. The Balaban J connectivity index is 4.19. The molecule has 0 saturated carbocycles. The number of aliphatic carboxylic acids is 1. The maximum absolute atomic E-state index is 11.7. The quantitative estimate of drug-likeness (QED) is 0.437. The van der Waals surface area contributed by atoms with Crippen molar-refractivity contribution in [2.75, 3.05) is 6.54 Å². The molecule has 1 amide bonds. The lowest BCUT2D eigenvalue weighted by atomic mass is 10.0. The molecule has 0 saturated heterocycles. The van der Waals surface area contributed by atoms with Crippen LogP contribution in [0.1, 0.15) is 39.5 Å². The first-order valence-electron chi connectivity index (χ1n) is 6.37. The Hall–Kier alpha value is -1.14. The zero-order chi connectivity index (χ0) is 14.1. The molecule has 6 heteroatoms. The predicted octanol–water partition coefficient (Wildman–Crippen LogP) is 0.0582. The van der Waals surface area contributed by atoms with Crippen LogP contribution in [0.2, 0.25) is 0 Å². The van der Waals surface area contributed by atoms with Gasteiger partial charge in [0.2, 0.25) is 5.91 Å². The van der Waals surface area contributed by atoms with E-state index in [1.807, 2.05) is 13.8 Å². The summed E-state index contributed by atoms with van der Waals surface area (Å²) in [6, 6.07) is -1.52. The number of nitrogens with one attached hydrogen (secondary N) is 1. The molecule has 0 unspecified atom stereocenters. The molecule has 0 rings (SSSR count). The van der Waals surface area contributed by atoms with E-state index in [-0.39, 0.29) is 5.92 Å². The molecule has 0 bridgehead atoms. The molecule has 0 heterocycles. The van der Waals surface area contributed by atoms with Crippen LogP contribution in [0, 0.1) is 5.92 Å². The Bertz CT molecular complexity index is 269. The number of carbonyl (C=O) groups excluding carboxylic acids is 1. The number of amides is 1. The third-order valence-corrected chi connectivity index (χ3v) is 2.63. The van der Waals surface area contributed by atoms with E-state index in [0.717, 1.165) is 12.8 Å². The third kappa shape index (κ3) is 7.24. The standard InChI is InChI=1S/C12H25N3O3/c1-8(2)7-10(12(17)18)15-11(16)9(14)5-3-4-6-13/h8-10H,3-7,13-14H2,1-2H3,(H,15,16)(H,17,18)/t9-,10-/m1/s1. The first kappa shape index (κ1) is 16.9. The van der Waals surface area contributed by atoms with Gasteiger partial charge in [0.25, 0.3) is 0 Å². The number of carboxylic acid groups (broad SMARTS) is 1. The van der Waals surface area contributed by atoms with Crippen molar-refractivity contribution in [3.8, 4) is 0 Å². The number of nitrogens with two attached hydrogens (primary N) is 2. The molecule has 6 N–H and O–H groups in total. The van der Waals surface area contributed by atoms with Crippen LogP contribution in [0.15, 0.2) is 0 Å². The second-order valence-corrected chi connectivity index (χ2v) is 4.92. The molecule has 0 aromatic carbocycles. The average molecular weight is 259 g/mol. The first-order chi connectivity index (χ1) is 8.38. The van der Waals surface area contributed by atoms with Gasteiger partial charge in [0, 0.05) is 0 Å². The van der Waals surface area contributed by atoms with E-state index in [2.05, 4.69) is 5.32 Å². The van der Waals surface area contributed by atoms with Crippen molar-refractivity contribution in [2.24, 2.45) is 17.4 Å². The van der Waals surface area contributed by atoms with Gasteiger partial charge in [-0.25, -0.2) is 4.79 Å². The Labute approximate surface area is 108 Å². The molecule has 2 atom stereocenters. The Morgan fingerprint density at radius 2 is 1.89 bits per heavy atom. The van der Waals surface area contributed by atoms with Gasteiger partial charge in [0.05, 0.1) is 6.04 Å². The van der Waals surface area contributed by atoms with E-state index in [1.54, 1.807) is 0 Å². The highest BCUT2D eigenvalue weighted by Gasteiger charge is 2.23. The Kier molecular flexibility index (Phi) is 8.32. The van der Waals surface area contributed by atoms with Crippen molar-refractivity contribution in [1.82, 2.24) is 5.32 Å². The molecular formula is C12H25N3O3. The highest BCUT2D eigenvalue weighted by Crippen LogP contribution is 2.06. The number of rotatable bonds is 9. The van der Waals surface area contributed by atoms with Gasteiger partial charge in [-0.3, -0.25) is 4.79 Å². The van der Waals surface area contributed by atoms with Crippen LogP contribution in [0.3, 0.4) is 0 Å². The fourth-order valence-corrected chi connectivity index (χ4v) is 1.61. The lowest BCUT2D eigenvalue weighted by Gasteiger charge is -2.19. The summed E-state index contributed by atoms with van der Waals surface area (Å²) >= 11 is 0. The van der Waals surface area contributed by atoms with Crippen molar-refractivity contribution in [3.05, 3.63) is 0 Å². The van der Waals surface area contributed by atoms with Gasteiger partial charge in [0.1, 0.15) is 6.04 Å². The summed E-state index contributed by atoms with van der Waals surface area (Å²) in [5.41, 5.74) is 11.0. The molecule has 0 radical (unpaired) electrons. The topological polar surface area (TPSA) is 118 Å². The van der Waals surface area contributed by atoms with E-state index in [1.165, 1.54) is 0 Å². The monoisotopic (exact) mass is 259 g/mol. The molecule has 6 nitrogen and oxygen atoms in total. The highest BCUT2D eigenvalue weighted by molar-refractivity contribution is 5.86. The van der Waals surface area contributed by atoms with Crippen LogP contribution in [-0.4, -0.2) is 35.6 Å². The van der Waals surface area contributed by atoms with Crippen LogP contribution in [0.4, 0.5) is 0 Å². The zero-order valence-electron chi connectivity index (χ0n) is 11.2. The number of hydrogen-bond donors (Lipinski definition) is 4. The second kappa shape index (κ2) is 8.88. The summed E-state index contributed by atoms with van der Waals surface area (Å²) in [6.45, 7) is 4.38. The summed E-state index contributed by atoms with van der Waals surface area (Å²) in [6.07, 6.45) is 2.51. The molecule has 0 spiro atoms. The minimum absolute atomic E-state index is 0.194. The van der Waals surface area contributed by atoms with E-state index in [4.69, 9.17) is 16.6 Å². The number of carboxylic acids is 1. The van der Waals surface area contributed by atoms with Crippen molar-refractivity contribution in [2.45, 2.75) is 51.6 Å². The molecule has 18 heavy (non-hydrogen) atoms. The van der Waals surface area contributed by atoms with E-state index in [0.29, 0.717) is 19.4 Å². The fourth-order valence-electron chi connectivity index (χ4n) is 1.61. The minimum atomic E-state index is -1.02. The Morgan fingerprint density at radius 1 is 1.28 bits per heavy atom. The number of carbonyl (C=O) groups is 2. The predicted molar refractivity (Wildman–Crippen MR) is 69.9 cm³/mol. The SMILES string of the molecule is CC(C)C[C@@H](NC(=O)[C@H](N)CCCCN)C(=O)O. The molecule has 0 aliphatic rings. The zero-order valence-corrected chi connectivity index (χ0v) is 11.2. The van der Waals surface area contributed by atoms with Crippen LogP contribution in [0.25, 0.3) is 0 Å². The van der Waals surface area contributed by atoms with Gasteiger partial charge in [0.15, 0.2) is 0 Å². The molecule has 0 aliphatic carbocycles. The maximum Gasteiger partial charge on any atom is 0.326 e. The van der Waals surface area contributed by atoms with E-state index < -0.39 is 24.0 Å². The van der Waals surface area contributed by atoms with Gasteiger partial charge in [-0.2, -0.15) is 0 Å². The number of hydrogen-bond acceptors (Lipinski definition) is 4. The summed E-state index contributed by atoms with van der Waals surface area (Å²) in [7, 11) is 0. The Morgan fingerprint density at radius 3 is 2.33 bits per heavy atom. The first-order valence-corrected chi connectivity index (χ1v) is 6.37. The largest absolute Gasteiger partial charge is 0.480 e. The summed E-state index contributed by atoms with van der Waals surface area (Å²) < 4.78 is 0. The normalized spacial score (nSPS) is 14.3. The number of unbranched alkanes of at least 4 members (excludes halogenated alkanes) is 1. The highest BCUT2D eigenvalue weighted by atomic mass is 16.4. The molecule has 0 aromatic heterocycles. The van der Waals surface area contributed by atoms with Gasteiger partial charge in [-0.15, -0.1) is 0 Å². The summed E-state index contributed by atoms with van der Waals surface area (Å²) in [4.78, 5) is 22.7. The van der Waals surface area contributed by atoms with Crippen LogP contribution in [-0.2, 0) is 9.59 Å². The summed E-state index contributed by atoms with van der Waals surface area (Å²) in [5.74, 6) is -1.23. The van der Waals surface area contributed by atoms with Crippen molar-refractivity contribution >= 4 is 11.9 Å². The van der Waals surface area contributed by atoms with Crippen LogP contribution < -0.4 is 16.8 Å². The molecule has 0 aromatic rings. The molecule has 0 aliphatic heterocycles. The second-order valence-electron chi connectivity index (χ2n) is 4.92.